The van der Waals surface area contributed by atoms with Crippen LogP contribution in [0.4, 0.5) is 0 Å². The molecule has 0 aromatic carbocycles. The smallest absolute Gasteiger partial charge is 0.252 e. The van der Waals surface area contributed by atoms with Crippen LogP contribution in [0.1, 0.15) is 24.8 Å². The summed E-state index contributed by atoms with van der Waals surface area (Å²) in [6.07, 6.45) is 2.00. The van der Waals surface area contributed by atoms with E-state index in [1.165, 1.54) is 11.3 Å². The van der Waals surface area contributed by atoms with Gasteiger partial charge in [-0.2, -0.15) is 4.31 Å². The van der Waals surface area contributed by atoms with Crippen LogP contribution in [0.3, 0.4) is 0 Å². The predicted octanol–water partition coefficient (Wildman–Crippen LogP) is 1.37. The quantitative estimate of drug-likeness (QED) is 0.788. The molecule has 2 aliphatic heterocycles. The highest BCUT2D eigenvalue weighted by Crippen LogP contribution is 2.34. The maximum atomic E-state index is 13.0. The molecule has 6 nitrogen and oxygen atoms in total. The SMILES string of the molecule is Cc1csc(S(=O)(=O)N2CCN(C)[C@@]3(CCC(=O)N(C)CC3)C2)c1. The second-order valence-electron chi connectivity index (χ2n) is 6.99. The van der Waals surface area contributed by atoms with Crippen LogP contribution in [-0.4, -0.2) is 74.2 Å². The summed E-state index contributed by atoms with van der Waals surface area (Å²) in [5.41, 5.74) is 0.724. The van der Waals surface area contributed by atoms with Gasteiger partial charge in [0.25, 0.3) is 10.0 Å². The molecule has 1 amide bonds. The van der Waals surface area contributed by atoms with E-state index in [0.29, 0.717) is 43.2 Å². The van der Waals surface area contributed by atoms with Gasteiger partial charge in [-0.1, -0.05) is 0 Å². The molecule has 24 heavy (non-hydrogen) atoms. The van der Waals surface area contributed by atoms with Crippen LogP contribution in [0.5, 0.6) is 0 Å². The van der Waals surface area contributed by atoms with Crippen LogP contribution < -0.4 is 0 Å². The van der Waals surface area contributed by atoms with Gasteiger partial charge in [0, 0.05) is 45.2 Å². The molecule has 8 heteroatoms. The van der Waals surface area contributed by atoms with E-state index in [2.05, 4.69) is 11.9 Å². The van der Waals surface area contributed by atoms with Crippen molar-refractivity contribution in [3.05, 3.63) is 17.0 Å². The second-order valence-corrected chi connectivity index (χ2v) is 10.1. The number of carbonyl (C=O) groups excluding carboxylic acids is 1. The first-order valence-corrected chi connectivity index (χ1v) is 10.6. The summed E-state index contributed by atoms with van der Waals surface area (Å²) < 4.78 is 28.0. The molecule has 3 rings (SSSR count). The van der Waals surface area contributed by atoms with Gasteiger partial charge in [0.15, 0.2) is 0 Å². The number of aryl methyl sites for hydroxylation is 1. The maximum absolute atomic E-state index is 13.0. The summed E-state index contributed by atoms with van der Waals surface area (Å²) in [5.74, 6) is 0.147. The lowest BCUT2D eigenvalue weighted by molar-refractivity contribution is -0.129. The van der Waals surface area contributed by atoms with E-state index >= 15 is 0 Å². The number of carbonyl (C=O) groups is 1. The van der Waals surface area contributed by atoms with E-state index < -0.39 is 10.0 Å². The number of amides is 1. The van der Waals surface area contributed by atoms with Gasteiger partial charge in [-0.15, -0.1) is 11.3 Å². The van der Waals surface area contributed by atoms with Crippen molar-refractivity contribution < 1.29 is 13.2 Å². The minimum atomic E-state index is -3.45. The minimum Gasteiger partial charge on any atom is -0.346 e. The monoisotopic (exact) mass is 371 g/mol. The Hall–Kier alpha value is -0.960. The Morgan fingerprint density at radius 3 is 2.58 bits per heavy atom. The van der Waals surface area contributed by atoms with Crippen LogP contribution >= 0.6 is 11.3 Å². The molecule has 3 heterocycles. The van der Waals surface area contributed by atoms with Crippen LogP contribution in [0.25, 0.3) is 0 Å². The minimum absolute atomic E-state index is 0.147. The van der Waals surface area contributed by atoms with Gasteiger partial charge in [0.05, 0.1) is 0 Å². The number of hydrogen-bond donors (Lipinski definition) is 0. The van der Waals surface area contributed by atoms with Crippen molar-refractivity contribution in [1.82, 2.24) is 14.1 Å². The van der Waals surface area contributed by atoms with Crippen LogP contribution in [-0.2, 0) is 14.8 Å². The van der Waals surface area contributed by atoms with Gasteiger partial charge < -0.3 is 4.90 Å². The van der Waals surface area contributed by atoms with E-state index in [1.54, 1.807) is 15.3 Å². The third-order valence-corrected chi connectivity index (χ3v) is 8.79. The topological polar surface area (TPSA) is 60.9 Å². The standard InChI is InChI=1S/C16H25N3O3S2/c1-13-10-15(23-11-13)24(21,22)19-9-8-18(3)16(12-19)5-4-14(20)17(2)7-6-16/h10-11H,4-9,12H2,1-3H3/t16-/m1/s1. The highest BCUT2D eigenvalue weighted by atomic mass is 32.2. The molecule has 0 aliphatic carbocycles. The van der Waals surface area contributed by atoms with E-state index in [1.807, 2.05) is 19.4 Å². The largest absolute Gasteiger partial charge is 0.346 e. The Kier molecular flexibility index (Phi) is 4.76. The van der Waals surface area contributed by atoms with Crippen LogP contribution in [0, 0.1) is 6.92 Å². The zero-order chi connectivity index (χ0) is 17.5. The molecule has 134 valence electrons. The lowest BCUT2D eigenvalue weighted by Gasteiger charge is -2.48. The van der Waals surface area contributed by atoms with Gasteiger partial charge in [-0.05, 0) is 43.8 Å². The number of sulfonamides is 1. The van der Waals surface area contributed by atoms with Gasteiger partial charge in [0.1, 0.15) is 4.21 Å². The Morgan fingerprint density at radius 1 is 1.17 bits per heavy atom. The van der Waals surface area contributed by atoms with Crippen LogP contribution in [0.2, 0.25) is 0 Å². The number of likely N-dealkylation sites (N-methyl/N-ethyl adjacent to an activating group) is 1. The van der Waals surface area contributed by atoms with E-state index in [0.717, 1.165) is 12.0 Å². The first kappa shape index (κ1) is 17.8. The molecule has 1 aromatic rings. The first-order chi connectivity index (χ1) is 11.2. The fourth-order valence-electron chi connectivity index (χ4n) is 3.60. The highest BCUT2D eigenvalue weighted by molar-refractivity contribution is 7.91. The Balaban J connectivity index is 1.87. The predicted molar refractivity (Wildman–Crippen MR) is 94.7 cm³/mol. The summed E-state index contributed by atoms with van der Waals surface area (Å²) in [7, 11) is 0.425. The number of hydrogen-bond acceptors (Lipinski definition) is 5. The molecule has 0 saturated carbocycles. The zero-order valence-electron chi connectivity index (χ0n) is 14.5. The number of rotatable bonds is 2. The number of likely N-dealkylation sites (tertiary alicyclic amines) is 1. The van der Waals surface area contributed by atoms with E-state index in [4.69, 9.17) is 0 Å². The maximum Gasteiger partial charge on any atom is 0.252 e. The third-order valence-electron chi connectivity index (χ3n) is 5.41. The number of thiophene rings is 1. The number of piperazine rings is 1. The van der Waals surface area contributed by atoms with Crippen LogP contribution in [0.15, 0.2) is 15.7 Å². The summed E-state index contributed by atoms with van der Waals surface area (Å²) in [4.78, 5) is 16.0. The highest BCUT2D eigenvalue weighted by Gasteiger charge is 2.45. The van der Waals surface area contributed by atoms with Gasteiger partial charge in [-0.25, -0.2) is 8.42 Å². The summed E-state index contributed by atoms with van der Waals surface area (Å²) in [6.45, 7) is 4.25. The molecule has 2 saturated heterocycles. The van der Waals surface area contributed by atoms with Crippen molar-refractivity contribution in [2.75, 3.05) is 40.3 Å². The summed E-state index contributed by atoms with van der Waals surface area (Å²) in [5, 5.41) is 1.87. The van der Waals surface area contributed by atoms with Gasteiger partial charge in [-0.3, -0.25) is 9.69 Å². The van der Waals surface area contributed by atoms with E-state index in [-0.39, 0.29) is 11.4 Å². The Bertz CT molecular complexity index is 731. The molecular weight excluding hydrogens is 346 g/mol. The second kappa shape index (κ2) is 6.40. The molecule has 0 bridgehead atoms. The summed E-state index contributed by atoms with van der Waals surface area (Å²) >= 11 is 1.29. The molecule has 1 spiro atoms. The van der Waals surface area contributed by atoms with Gasteiger partial charge >= 0.3 is 0 Å². The lowest BCUT2D eigenvalue weighted by atomic mass is 9.87. The van der Waals surface area contributed by atoms with E-state index in [9.17, 15) is 13.2 Å². The fourth-order valence-corrected chi connectivity index (χ4v) is 6.49. The van der Waals surface area contributed by atoms with Crippen molar-refractivity contribution in [2.45, 2.75) is 35.9 Å². The molecular formula is C16H25N3O3S2. The van der Waals surface area contributed by atoms with Crippen molar-refractivity contribution in [1.29, 1.82) is 0 Å². The molecule has 0 N–H and O–H groups in total. The Morgan fingerprint density at radius 2 is 1.92 bits per heavy atom. The first-order valence-electron chi connectivity index (χ1n) is 8.25. The normalized spacial score (nSPS) is 27.6. The lowest BCUT2D eigenvalue weighted by Crippen LogP contribution is -2.62. The van der Waals surface area contributed by atoms with Crippen molar-refractivity contribution in [3.63, 3.8) is 0 Å². The zero-order valence-corrected chi connectivity index (χ0v) is 16.1. The molecule has 1 aromatic heterocycles. The molecule has 1 atom stereocenters. The van der Waals surface area contributed by atoms with Gasteiger partial charge in [0.2, 0.25) is 5.91 Å². The van der Waals surface area contributed by atoms with Crippen molar-refractivity contribution in [2.24, 2.45) is 0 Å². The van der Waals surface area contributed by atoms with Crippen molar-refractivity contribution in [3.8, 4) is 0 Å². The fraction of sp³-hybridized carbons (Fsp3) is 0.688. The Labute approximate surface area is 148 Å². The number of nitrogens with zero attached hydrogens (tertiary/aromatic N) is 3. The molecule has 2 fully saturated rings. The average Bonchev–Trinajstić information content (AvgIpc) is 2.93. The van der Waals surface area contributed by atoms with Crippen molar-refractivity contribution >= 4 is 27.3 Å². The molecule has 0 unspecified atom stereocenters. The molecule has 0 radical (unpaired) electrons. The average molecular weight is 372 g/mol. The molecule has 2 aliphatic rings. The summed E-state index contributed by atoms with van der Waals surface area (Å²) in [6, 6.07) is 1.75. The third kappa shape index (κ3) is 3.12.